The molecule has 3 rings (SSSR count). The van der Waals surface area contributed by atoms with Crippen molar-refractivity contribution in [1.82, 2.24) is 10.2 Å². The van der Waals surface area contributed by atoms with Crippen molar-refractivity contribution in [2.45, 2.75) is 32.0 Å². The van der Waals surface area contributed by atoms with Gasteiger partial charge in [0.25, 0.3) is 0 Å². The molecule has 3 heteroatoms. The SMILES string of the molecule is CN1CCC(NCc2ccc(OCc3ccccc3)cc2)CC1. The fourth-order valence-electron chi connectivity index (χ4n) is 2.92. The van der Waals surface area contributed by atoms with Gasteiger partial charge in [-0.05, 0) is 56.2 Å². The monoisotopic (exact) mass is 310 g/mol. The summed E-state index contributed by atoms with van der Waals surface area (Å²) in [5, 5.41) is 3.67. The van der Waals surface area contributed by atoms with E-state index in [1.54, 1.807) is 0 Å². The summed E-state index contributed by atoms with van der Waals surface area (Å²) in [6.45, 7) is 3.95. The van der Waals surface area contributed by atoms with Crippen molar-refractivity contribution >= 4 is 0 Å². The van der Waals surface area contributed by atoms with E-state index in [0.29, 0.717) is 12.6 Å². The number of benzene rings is 2. The normalized spacial score (nSPS) is 16.4. The molecule has 0 aromatic heterocycles. The Kier molecular flexibility index (Phi) is 5.67. The molecule has 0 bridgehead atoms. The standard InChI is InChI=1S/C20H26N2O/c1-22-13-11-19(12-14-22)21-15-17-7-9-20(10-8-17)23-16-18-5-3-2-4-6-18/h2-10,19,21H,11-16H2,1H3. The summed E-state index contributed by atoms with van der Waals surface area (Å²) in [5.74, 6) is 0.928. The summed E-state index contributed by atoms with van der Waals surface area (Å²) in [6.07, 6.45) is 2.49. The summed E-state index contributed by atoms with van der Waals surface area (Å²) < 4.78 is 5.83. The van der Waals surface area contributed by atoms with Crippen molar-refractivity contribution in [3.8, 4) is 5.75 Å². The van der Waals surface area contributed by atoms with E-state index in [9.17, 15) is 0 Å². The van der Waals surface area contributed by atoms with Gasteiger partial charge in [0.15, 0.2) is 0 Å². The lowest BCUT2D eigenvalue weighted by molar-refractivity contribution is 0.234. The third-order valence-electron chi connectivity index (χ3n) is 4.49. The van der Waals surface area contributed by atoms with Crippen LogP contribution in [0.15, 0.2) is 54.6 Å². The van der Waals surface area contributed by atoms with Crippen molar-refractivity contribution < 1.29 is 4.74 Å². The average Bonchev–Trinajstić information content (AvgIpc) is 2.61. The Hall–Kier alpha value is -1.84. The Labute approximate surface area is 139 Å². The molecule has 0 aliphatic carbocycles. The first-order valence-corrected chi connectivity index (χ1v) is 8.47. The maximum Gasteiger partial charge on any atom is 0.119 e. The lowest BCUT2D eigenvalue weighted by Gasteiger charge is -2.29. The van der Waals surface area contributed by atoms with Gasteiger partial charge in [0.2, 0.25) is 0 Å². The topological polar surface area (TPSA) is 24.5 Å². The maximum absolute atomic E-state index is 5.83. The quantitative estimate of drug-likeness (QED) is 0.884. The van der Waals surface area contributed by atoms with Crippen molar-refractivity contribution in [2.24, 2.45) is 0 Å². The Morgan fingerprint density at radius 2 is 1.65 bits per heavy atom. The molecule has 0 saturated carbocycles. The molecule has 3 nitrogen and oxygen atoms in total. The molecule has 1 heterocycles. The van der Waals surface area contributed by atoms with Crippen molar-refractivity contribution in [3.05, 3.63) is 65.7 Å². The predicted octanol–water partition coefficient (Wildman–Crippen LogP) is 3.45. The van der Waals surface area contributed by atoms with Crippen LogP contribution in [0.2, 0.25) is 0 Å². The molecule has 1 saturated heterocycles. The summed E-state index contributed by atoms with van der Waals surface area (Å²) in [4.78, 5) is 2.40. The molecule has 1 fully saturated rings. The van der Waals surface area contributed by atoms with Crippen LogP contribution in [0.5, 0.6) is 5.75 Å². The van der Waals surface area contributed by atoms with Crippen LogP contribution in [0.1, 0.15) is 24.0 Å². The van der Waals surface area contributed by atoms with E-state index in [-0.39, 0.29) is 0 Å². The van der Waals surface area contributed by atoms with Crippen molar-refractivity contribution in [1.29, 1.82) is 0 Å². The molecule has 0 amide bonds. The lowest BCUT2D eigenvalue weighted by Crippen LogP contribution is -2.40. The van der Waals surface area contributed by atoms with Crippen LogP contribution in [-0.2, 0) is 13.2 Å². The highest BCUT2D eigenvalue weighted by molar-refractivity contribution is 5.27. The second kappa shape index (κ2) is 8.14. The molecule has 1 aliphatic heterocycles. The second-order valence-electron chi connectivity index (χ2n) is 6.38. The molecular weight excluding hydrogens is 284 g/mol. The van der Waals surface area contributed by atoms with Gasteiger partial charge in [-0.15, -0.1) is 0 Å². The Balaban J connectivity index is 1.43. The number of piperidine rings is 1. The minimum absolute atomic E-state index is 0.619. The van der Waals surface area contributed by atoms with Crippen LogP contribution in [-0.4, -0.2) is 31.1 Å². The predicted molar refractivity (Wildman–Crippen MR) is 94.6 cm³/mol. The second-order valence-corrected chi connectivity index (χ2v) is 6.38. The molecule has 0 atom stereocenters. The first-order chi connectivity index (χ1) is 11.3. The molecule has 0 unspecified atom stereocenters. The summed E-state index contributed by atoms with van der Waals surface area (Å²) >= 11 is 0. The molecule has 1 N–H and O–H groups in total. The van der Waals surface area contributed by atoms with E-state index < -0.39 is 0 Å². The Morgan fingerprint density at radius 1 is 0.957 bits per heavy atom. The lowest BCUT2D eigenvalue weighted by atomic mass is 10.1. The number of nitrogens with zero attached hydrogens (tertiary/aromatic N) is 1. The Bertz CT molecular complexity index is 574. The highest BCUT2D eigenvalue weighted by Crippen LogP contribution is 2.15. The summed E-state index contributed by atoms with van der Waals surface area (Å²) in [6, 6.07) is 19.4. The van der Waals surface area contributed by atoms with Crippen LogP contribution >= 0.6 is 0 Å². The van der Waals surface area contributed by atoms with Crippen LogP contribution in [0, 0.1) is 0 Å². The largest absolute Gasteiger partial charge is 0.489 e. The van der Waals surface area contributed by atoms with Crippen LogP contribution < -0.4 is 10.1 Å². The number of rotatable bonds is 6. The van der Waals surface area contributed by atoms with Gasteiger partial charge in [-0.2, -0.15) is 0 Å². The highest BCUT2D eigenvalue weighted by atomic mass is 16.5. The molecular formula is C20H26N2O. The van der Waals surface area contributed by atoms with E-state index >= 15 is 0 Å². The average molecular weight is 310 g/mol. The zero-order valence-electron chi connectivity index (χ0n) is 13.9. The van der Waals surface area contributed by atoms with Gasteiger partial charge in [-0.1, -0.05) is 42.5 Å². The molecule has 1 aliphatic rings. The third kappa shape index (κ3) is 5.08. The van der Waals surface area contributed by atoms with Gasteiger partial charge in [0, 0.05) is 12.6 Å². The van der Waals surface area contributed by atoms with Crippen LogP contribution in [0.4, 0.5) is 0 Å². The first-order valence-electron chi connectivity index (χ1n) is 8.47. The minimum Gasteiger partial charge on any atom is -0.489 e. The van der Waals surface area contributed by atoms with Gasteiger partial charge in [0.05, 0.1) is 0 Å². The van der Waals surface area contributed by atoms with Gasteiger partial charge in [0.1, 0.15) is 12.4 Å². The van der Waals surface area contributed by atoms with Crippen molar-refractivity contribution in [2.75, 3.05) is 20.1 Å². The molecule has 0 spiro atoms. The van der Waals surface area contributed by atoms with E-state index in [0.717, 1.165) is 12.3 Å². The van der Waals surface area contributed by atoms with Crippen molar-refractivity contribution in [3.63, 3.8) is 0 Å². The van der Waals surface area contributed by atoms with E-state index in [1.165, 1.54) is 37.1 Å². The summed E-state index contributed by atoms with van der Waals surface area (Å²) in [5.41, 5.74) is 2.51. The molecule has 2 aromatic carbocycles. The van der Waals surface area contributed by atoms with Gasteiger partial charge >= 0.3 is 0 Å². The molecule has 0 radical (unpaired) electrons. The number of nitrogens with one attached hydrogen (secondary N) is 1. The summed E-state index contributed by atoms with van der Waals surface area (Å²) in [7, 11) is 2.20. The molecule has 2 aromatic rings. The minimum atomic E-state index is 0.619. The zero-order valence-corrected chi connectivity index (χ0v) is 13.9. The van der Waals surface area contributed by atoms with E-state index in [4.69, 9.17) is 4.74 Å². The van der Waals surface area contributed by atoms with Gasteiger partial charge in [-0.3, -0.25) is 0 Å². The number of hydrogen-bond acceptors (Lipinski definition) is 3. The maximum atomic E-state index is 5.83. The number of ether oxygens (including phenoxy) is 1. The van der Waals surface area contributed by atoms with Crippen LogP contribution in [0.3, 0.4) is 0 Å². The van der Waals surface area contributed by atoms with E-state index in [1.807, 2.05) is 18.2 Å². The van der Waals surface area contributed by atoms with Gasteiger partial charge in [-0.25, -0.2) is 0 Å². The van der Waals surface area contributed by atoms with Crippen LogP contribution in [0.25, 0.3) is 0 Å². The van der Waals surface area contributed by atoms with Gasteiger partial charge < -0.3 is 15.0 Å². The number of likely N-dealkylation sites (tertiary alicyclic amines) is 1. The van der Waals surface area contributed by atoms with E-state index in [2.05, 4.69) is 53.7 Å². The fourth-order valence-corrected chi connectivity index (χ4v) is 2.92. The molecule has 23 heavy (non-hydrogen) atoms. The fraction of sp³-hybridized carbons (Fsp3) is 0.400. The zero-order chi connectivity index (χ0) is 15.9. The Morgan fingerprint density at radius 3 is 2.35 bits per heavy atom. The highest BCUT2D eigenvalue weighted by Gasteiger charge is 2.15. The third-order valence-corrected chi connectivity index (χ3v) is 4.49. The smallest absolute Gasteiger partial charge is 0.119 e. The first kappa shape index (κ1) is 16.0. The number of hydrogen-bond donors (Lipinski definition) is 1. The molecule has 122 valence electrons.